The second-order valence-corrected chi connectivity index (χ2v) is 6.55. The molecule has 0 atom stereocenters. The van der Waals surface area contributed by atoms with Crippen LogP contribution in [0.4, 0.5) is 18.9 Å². The van der Waals surface area contributed by atoms with Crippen LogP contribution in [0.5, 0.6) is 5.75 Å². The summed E-state index contributed by atoms with van der Waals surface area (Å²) in [7, 11) is 0. The van der Waals surface area contributed by atoms with Gasteiger partial charge in [-0.1, -0.05) is 18.0 Å². The molecule has 0 radical (unpaired) electrons. The van der Waals surface area contributed by atoms with Crippen molar-refractivity contribution in [2.24, 2.45) is 21.5 Å². The van der Waals surface area contributed by atoms with Gasteiger partial charge in [-0.05, 0) is 37.8 Å². The lowest BCUT2D eigenvalue weighted by Gasteiger charge is -2.45. The Morgan fingerprint density at radius 2 is 1.80 bits per heavy atom. The van der Waals surface area contributed by atoms with Crippen LogP contribution in [0, 0.1) is 0 Å². The highest BCUT2D eigenvalue weighted by molar-refractivity contribution is 6.32. The van der Waals surface area contributed by atoms with E-state index in [1.807, 2.05) is 0 Å². The minimum atomic E-state index is -4.63. The first kappa shape index (κ1) is 17.7. The average Bonchev–Trinajstić information content (AvgIpc) is 2.50. The van der Waals surface area contributed by atoms with E-state index in [1.54, 1.807) is 0 Å². The van der Waals surface area contributed by atoms with E-state index in [2.05, 4.69) is 9.98 Å². The van der Waals surface area contributed by atoms with Crippen LogP contribution in [0.2, 0.25) is 5.02 Å². The molecule has 6 nitrogen and oxygen atoms in total. The molecule has 10 heteroatoms. The lowest BCUT2D eigenvalue weighted by atomic mass is 9.87. The topological polar surface area (TPSA) is 100 Å². The summed E-state index contributed by atoms with van der Waals surface area (Å²) in [5.41, 5.74) is 9.54. The second kappa shape index (κ2) is 5.98. The molecular weight excluding hydrogens is 359 g/mol. The number of rotatable bonds is 1. The molecule has 0 aromatic heterocycles. The first-order valence-corrected chi connectivity index (χ1v) is 8.11. The van der Waals surface area contributed by atoms with Crippen LogP contribution < -0.4 is 16.4 Å². The summed E-state index contributed by atoms with van der Waals surface area (Å²) >= 11 is 5.83. The van der Waals surface area contributed by atoms with Gasteiger partial charge in [0.2, 0.25) is 11.9 Å². The zero-order chi connectivity index (χ0) is 18.4. The number of aliphatic imine (C=N–C) groups is 2. The number of hydrogen-bond acceptors (Lipinski definition) is 6. The predicted octanol–water partition coefficient (Wildman–Crippen LogP) is 3.17. The summed E-state index contributed by atoms with van der Waals surface area (Å²) in [6.45, 7) is 0. The Bertz CT molecular complexity index is 756. The molecule has 0 bridgehead atoms. The van der Waals surface area contributed by atoms with Gasteiger partial charge in [0.25, 0.3) is 0 Å². The van der Waals surface area contributed by atoms with Gasteiger partial charge in [0, 0.05) is 0 Å². The molecule has 136 valence electrons. The number of hydrogen-bond donors (Lipinski definition) is 3. The van der Waals surface area contributed by atoms with Gasteiger partial charge in [-0.3, -0.25) is 4.90 Å². The smallest absolute Gasteiger partial charge is 0.416 e. The molecule has 5 N–H and O–H groups in total. The standard InChI is InChI=1S/C15H17ClF3N5O/c16-9-6-8(15(17,18)19)7-10(11(9)25)24-13(21)22-12(20)23-14(24)4-2-1-3-5-14/h6-7,25H,1-5H2,(H4,20,21,22,23). The molecule has 1 aromatic carbocycles. The minimum absolute atomic E-state index is 0.0341. The van der Waals surface area contributed by atoms with Crippen molar-refractivity contribution < 1.29 is 18.3 Å². The number of aromatic hydroxyl groups is 1. The first-order chi connectivity index (χ1) is 11.6. The van der Waals surface area contributed by atoms with Gasteiger partial charge in [0.1, 0.15) is 5.66 Å². The zero-order valence-corrected chi connectivity index (χ0v) is 13.9. The van der Waals surface area contributed by atoms with Gasteiger partial charge in [0.05, 0.1) is 16.3 Å². The maximum atomic E-state index is 13.2. The summed E-state index contributed by atoms with van der Waals surface area (Å²) in [6.07, 6.45) is -1.01. The van der Waals surface area contributed by atoms with E-state index in [1.165, 1.54) is 4.90 Å². The monoisotopic (exact) mass is 375 g/mol. The highest BCUT2D eigenvalue weighted by Gasteiger charge is 2.44. The number of benzene rings is 1. The molecule has 0 unspecified atom stereocenters. The number of phenolic OH excluding ortho intramolecular Hbond substituents is 1. The predicted molar refractivity (Wildman–Crippen MR) is 89.7 cm³/mol. The van der Waals surface area contributed by atoms with Crippen LogP contribution in [-0.4, -0.2) is 22.7 Å². The molecule has 3 rings (SSSR count). The Balaban J connectivity index is 2.19. The van der Waals surface area contributed by atoms with Crippen molar-refractivity contribution in [1.82, 2.24) is 0 Å². The summed E-state index contributed by atoms with van der Waals surface area (Å²) in [4.78, 5) is 9.55. The number of nitrogens with zero attached hydrogens (tertiary/aromatic N) is 3. The lowest BCUT2D eigenvalue weighted by molar-refractivity contribution is -0.137. The van der Waals surface area contributed by atoms with Crippen LogP contribution in [0.3, 0.4) is 0 Å². The van der Waals surface area contributed by atoms with Crippen LogP contribution in [-0.2, 0) is 6.18 Å². The molecule has 25 heavy (non-hydrogen) atoms. The van der Waals surface area contributed by atoms with Gasteiger partial charge < -0.3 is 16.6 Å². The number of nitrogens with two attached hydrogens (primary N) is 2. The largest absolute Gasteiger partial charge is 0.504 e. The number of anilines is 1. The van der Waals surface area contributed by atoms with Crippen molar-refractivity contribution in [2.75, 3.05) is 4.90 Å². The van der Waals surface area contributed by atoms with Crippen molar-refractivity contribution in [1.29, 1.82) is 0 Å². The molecule has 1 heterocycles. The Morgan fingerprint density at radius 3 is 2.40 bits per heavy atom. The van der Waals surface area contributed by atoms with E-state index < -0.39 is 28.2 Å². The summed E-state index contributed by atoms with van der Waals surface area (Å²) < 4.78 is 39.5. The van der Waals surface area contributed by atoms with Crippen LogP contribution in [0.25, 0.3) is 0 Å². The van der Waals surface area contributed by atoms with E-state index in [-0.39, 0.29) is 17.6 Å². The van der Waals surface area contributed by atoms with Gasteiger partial charge in [-0.15, -0.1) is 0 Å². The van der Waals surface area contributed by atoms with Gasteiger partial charge in [0.15, 0.2) is 5.75 Å². The van der Waals surface area contributed by atoms with E-state index in [9.17, 15) is 18.3 Å². The highest BCUT2D eigenvalue weighted by atomic mass is 35.5. The van der Waals surface area contributed by atoms with Gasteiger partial charge in [-0.25, -0.2) is 4.99 Å². The molecular formula is C15H17ClF3N5O. The van der Waals surface area contributed by atoms with Gasteiger partial charge in [-0.2, -0.15) is 18.2 Å². The third-order valence-corrected chi connectivity index (χ3v) is 4.75. The van der Waals surface area contributed by atoms with Gasteiger partial charge >= 0.3 is 6.18 Å². The number of alkyl halides is 3. The molecule has 1 aliphatic carbocycles. The van der Waals surface area contributed by atoms with E-state index in [4.69, 9.17) is 23.1 Å². The zero-order valence-electron chi connectivity index (χ0n) is 13.1. The maximum absolute atomic E-state index is 13.2. The highest BCUT2D eigenvalue weighted by Crippen LogP contribution is 2.46. The van der Waals surface area contributed by atoms with Crippen molar-refractivity contribution in [2.45, 2.75) is 43.9 Å². The van der Waals surface area contributed by atoms with E-state index in [0.29, 0.717) is 18.9 Å². The normalized spacial score (nSPS) is 20.4. The quantitative estimate of drug-likeness (QED) is 0.701. The van der Waals surface area contributed by atoms with Crippen molar-refractivity contribution in [3.8, 4) is 5.75 Å². The second-order valence-electron chi connectivity index (χ2n) is 6.14. The third-order valence-electron chi connectivity index (χ3n) is 4.46. The number of guanidine groups is 2. The van der Waals surface area contributed by atoms with Crippen LogP contribution in [0.15, 0.2) is 22.1 Å². The molecule has 1 aliphatic heterocycles. The molecule has 1 saturated carbocycles. The third kappa shape index (κ3) is 3.08. The summed E-state index contributed by atoms with van der Waals surface area (Å²) in [6, 6.07) is 1.47. The Labute approximate surface area is 147 Å². The van der Waals surface area contributed by atoms with E-state index in [0.717, 1.165) is 25.3 Å². The Kier molecular flexibility index (Phi) is 4.22. The lowest BCUT2D eigenvalue weighted by Crippen LogP contribution is -2.58. The Morgan fingerprint density at radius 1 is 1.16 bits per heavy atom. The molecule has 2 aliphatic rings. The SMILES string of the molecule is NC1=NC2(CCCCC2)N(c2cc(C(F)(F)F)cc(Cl)c2O)C(N)=N1. The maximum Gasteiger partial charge on any atom is 0.416 e. The van der Waals surface area contributed by atoms with Crippen molar-refractivity contribution in [3.05, 3.63) is 22.7 Å². The molecule has 0 amide bonds. The summed E-state index contributed by atoms with van der Waals surface area (Å²) in [5.74, 6) is -0.665. The van der Waals surface area contributed by atoms with E-state index >= 15 is 0 Å². The van der Waals surface area contributed by atoms with Crippen molar-refractivity contribution in [3.63, 3.8) is 0 Å². The number of halogens is 4. The Hall–Kier alpha value is -2.16. The first-order valence-electron chi connectivity index (χ1n) is 7.73. The minimum Gasteiger partial charge on any atom is -0.504 e. The fourth-order valence-corrected chi connectivity index (χ4v) is 3.60. The molecule has 0 saturated heterocycles. The molecule has 1 spiro atoms. The fourth-order valence-electron chi connectivity index (χ4n) is 3.39. The van der Waals surface area contributed by atoms with Crippen LogP contribution in [0.1, 0.15) is 37.7 Å². The fraction of sp³-hybridized carbons (Fsp3) is 0.467. The van der Waals surface area contributed by atoms with Crippen LogP contribution >= 0.6 is 11.6 Å². The summed E-state index contributed by atoms with van der Waals surface area (Å²) in [5, 5.41) is 9.88. The van der Waals surface area contributed by atoms with Crippen molar-refractivity contribution >= 4 is 29.2 Å². The molecule has 1 fully saturated rings. The number of phenols is 1. The average molecular weight is 376 g/mol. The molecule has 1 aromatic rings.